The molecule has 1 aromatic heterocycles. The van der Waals surface area contributed by atoms with Crippen molar-refractivity contribution in [3.05, 3.63) is 52.8 Å². The van der Waals surface area contributed by atoms with Crippen molar-refractivity contribution in [3.8, 4) is 5.75 Å². The zero-order chi connectivity index (χ0) is 19.1. The van der Waals surface area contributed by atoms with Crippen molar-refractivity contribution < 1.29 is 14.3 Å². The molecule has 1 aromatic carbocycles. The van der Waals surface area contributed by atoms with Crippen molar-refractivity contribution in [2.24, 2.45) is 5.92 Å². The number of nitrogens with one attached hydrogen (secondary N) is 2. The first-order valence-electron chi connectivity index (χ1n) is 8.30. The molecule has 2 amide bonds. The maximum Gasteiger partial charge on any atom is 0.274 e. The second-order valence-electron chi connectivity index (χ2n) is 6.17. The Morgan fingerprint density at radius 2 is 1.96 bits per heavy atom. The van der Waals surface area contributed by atoms with Gasteiger partial charge in [0.25, 0.3) is 11.8 Å². The van der Waals surface area contributed by atoms with Crippen molar-refractivity contribution in [3.63, 3.8) is 0 Å². The summed E-state index contributed by atoms with van der Waals surface area (Å²) in [5.74, 6) is 0.289. The largest absolute Gasteiger partial charge is 0.495 e. The molecule has 0 fully saturated rings. The van der Waals surface area contributed by atoms with E-state index in [9.17, 15) is 9.59 Å². The molecule has 2 aromatic rings. The van der Waals surface area contributed by atoms with Crippen LogP contribution in [0, 0.1) is 5.92 Å². The average Bonchev–Trinajstić information content (AvgIpc) is 2.61. The van der Waals surface area contributed by atoms with Crippen LogP contribution < -0.4 is 15.4 Å². The zero-order valence-corrected chi connectivity index (χ0v) is 15.8. The summed E-state index contributed by atoms with van der Waals surface area (Å²) in [4.78, 5) is 28.7. The molecule has 0 aliphatic rings. The Hall–Kier alpha value is -2.60. The number of aromatic nitrogens is 1. The first-order chi connectivity index (χ1) is 12.4. The molecule has 0 radical (unpaired) electrons. The summed E-state index contributed by atoms with van der Waals surface area (Å²) in [5.41, 5.74) is 0.939. The van der Waals surface area contributed by atoms with Gasteiger partial charge in [-0.25, -0.2) is 0 Å². The van der Waals surface area contributed by atoms with Crippen LogP contribution in [0.25, 0.3) is 0 Å². The number of hydrogen-bond acceptors (Lipinski definition) is 4. The lowest BCUT2D eigenvalue weighted by molar-refractivity contribution is 0.0952. The van der Waals surface area contributed by atoms with E-state index < -0.39 is 5.91 Å². The molecule has 0 unspecified atom stereocenters. The van der Waals surface area contributed by atoms with E-state index in [1.165, 1.54) is 19.4 Å². The number of ether oxygens (including phenoxy) is 1. The van der Waals surface area contributed by atoms with Crippen LogP contribution in [0.2, 0.25) is 5.02 Å². The van der Waals surface area contributed by atoms with E-state index in [-0.39, 0.29) is 11.6 Å². The van der Waals surface area contributed by atoms with Crippen LogP contribution in [-0.4, -0.2) is 30.5 Å². The highest BCUT2D eigenvalue weighted by Gasteiger charge is 2.14. The molecule has 0 aliphatic heterocycles. The lowest BCUT2D eigenvalue weighted by Crippen LogP contribution is -2.26. The number of carbonyl (C=O) groups excluding carboxylic acids is 2. The Bertz CT molecular complexity index is 793. The summed E-state index contributed by atoms with van der Waals surface area (Å²) in [5, 5.41) is 6.00. The molecule has 0 spiro atoms. The van der Waals surface area contributed by atoms with E-state index in [4.69, 9.17) is 16.3 Å². The molecule has 6 nitrogen and oxygen atoms in total. The minimum Gasteiger partial charge on any atom is -0.495 e. The summed E-state index contributed by atoms with van der Waals surface area (Å²) < 4.78 is 5.20. The Kier molecular flexibility index (Phi) is 6.97. The number of carbonyl (C=O) groups is 2. The van der Waals surface area contributed by atoms with Gasteiger partial charge in [-0.15, -0.1) is 0 Å². The molecule has 0 bridgehead atoms. The first-order valence-corrected chi connectivity index (χ1v) is 8.67. The van der Waals surface area contributed by atoms with E-state index in [0.717, 1.165) is 6.42 Å². The number of methoxy groups -OCH3 is 1. The quantitative estimate of drug-likeness (QED) is 0.771. The topological polar surface area (TPSA) is 80.3 Å². The van der Waals surface area contributed by atoms with Crippen LogP contribution in [0.1, 0.15) is 41.1 Å². The fourth-order valence-corrected chi connectivity index (χ4v) is 2.41. The summed E-state index contributed by atoms with van der Waals surface area (Å²) in [6.07, 6.45) is 2.32. The maximum absolute atomic E-state index is 12.5. The lowest BCUT2D eigenvalue weighted by Gasteiger charge is -2.11. The fourth-order valence-electron chi connectivity index (χ4n) is 2.24. The van der Waals surface area contributed by atoms with Crippen molar-refractivity contribution in [2.45, 2.75) is 20.3 Å². The van der Waals surface area contributed by atoms with Crippen molar-refractivity contribution >= 4 is 29.1 Å². The molecule has 26 heavy (non-hydrogen) atoms. The monoisotopic (exact) mass is 375 g/mol. The Labute approximate surface area is 157 Å². The number of halogens is 1. The molecular formula is C19H22ClN3O3. The van der Waals surface area contributed by atoms with Crippen molar-refractivity contribution in [2.75, 3.05) is 19.0 Å². The number of nitrogens with zero attached hydrogens (tertiary/aromatic N) is 1. The molecule has 1 heterocycles. The second-order valence-corrected chi connectivity index (χ2v) is 6.60. The van der Waals surface area contributed by atoms with Crippen LogP contribution in [-0.2, 0) is 0 Å². The van der Waals surface area contributed by atoms with E-state index in [0.29, 0.717) is 34.5 Å². The zero-order valence-electron chi connectivity index (χ0n) is 15.0. The van der Waals surface area contributed by atoms with Gasteiger partial charge < -0.3 is 15.4 Å². The highest BCUT2D eigenvalue weighted by molar-refractivity contribution is 6.31. The number of rotatable bonds is 7. The fraction of sp³-hybridized carbons (Fsp3) is 0.316. The predicted molar refractivity (Wildman–Crippen MR) is 102 cm³/mol. The van der Waals surface area contributed by atoms with Gasteiger partial charge in [0.05, 0.1) is 12.8 Å². The third-order valence-electron chi connectivity index (χ3n) is 3.67. The van der Waals surface area contributed by atoms with Crippen LogP contribution in [0.15, 0.2) is 36.5 Å². The second kappa shape index (κ2) is 9.20. The number of anilines is 1. The summed E-state index contributed by atoms with van der Waals surface area (Å²) in [6, 6.07) is 7.93. The highest BCUT2D eigenvalue weighted by Crippen LogP contribution is 2.28. The summed E-state index contributed by atoms with van der Waals surface area (Å²) >= 11 is 5.97. The van der Waals surface area contributed by atoms with Crippen molar-refractivity contribution in [1.29, 1.82) is 0 Å². The Morgan fingerprint density at radius 3 is 2.65 bits per heavy atom. The molecule has 138 valence electrons. The van der Waals surface area contributed by atoms with Gasteiger partial charge in [-0.2, -0.15) is 0 Å². The third kappa shape index (κ3) is 5.46. The standard InChI is InChI=1S/C19H22ClN3O3/c1-12(2)6-8-22-18(24)13-7-9-21-16(10-13)19(25)23-15-11-14(20)4-5-17(15)26-3/h4-5,7,9-12H,6,8H2,1-3H3,(H,22,24)(H,23,25). The van der Waals surface area contributed by atoms with E-state index in [1.54, 1.807) is 24.3 Å². The van der Waals surface area contributed by atoms with Gasteiger partial charge in [0.2, 0.25) is 0 Å². The summed E-state index contributed by atoms with van der Waals surface area (Å²) in [7, 11) is 1.50. The molecular weight excluding hydrogens is 354 g/mol. The van der Waals surface area contributed by atoms with Gasteiger partial charge >= 0.3 is 0 Å². The molecule has 0 atom stereocenters. The van der Waals surface area contributed by atoms with Crippen molar-refractivity contribution in [1.82, 2.24) is 10.3 Å². The number of benzene rings is 1. The number of amides is 2. The first kappa shape index (κ1) is 19.7. The van der Waals surface area contributed by atoms with Gasteiger partial charge in [-0.05, 0) is 42.7 Å². The molecule has 0 saturated carbocycles. The van der Waals surface area contributed by atoms with Crippen LogP contribution in [0.4, 0.5) is 5.69 Å². The maximum atomic E-state index is 12.5. The highest BCUT2D eigenvalue weighted by atomic mass is 35.5. The number of hydrogen-bond donors (Lipinski definition) is 2. The minimum absolute atomic E-state index is 0.128. The summed E-state index contributed by atoms with van der Waals surface area (Å²) in [6.45, 7) is 4.76. The van der Waals surface area contributed by atoms with Crippen LogP contribution in [0.5, 0.6) is 5.75 Å². The Morgan fingerprint density at radius 1 is 1.19 bits per heavy atom. The van der Waals surface area contributed by atoms with Gasteiger partial charge in [0, 0.05) is 23.3 Å². The molecule has 2 N–H and O–H groups in total. The normalized spacial score (nSPS) is 10.5. The Balaban J connectivity index is 2.10. The average molecular weight is 376 g/mol. The predicted octanol–water partition coefficient (Wildman–Crippen LogP) is 3.77. The van der Waals surface area contributed by atoms with Crippen LogP contribution in [0.3, 0.4) is 0 Å². The molecule has 0 aliphatic carbocycles. The van der Waals surface area contributed by atoms with E-state index in [2.05, 4.69) is 29.5 Å². The third-order valence-corrected chi connectivity index (χ3v) is 3.91. The van der Waals surface area contributed by atoms with Gasteiger partial charge in [-0.3, -0.25) is 14.6 Å². The molecule has 7 heteroatoms. The van der Waals surface area contributed by atoms with Crippen LogP contribution >= 0.6 is 11.6 Å². The molecule has 2 rings (SSSR count). The van der Waals surface area contributed by atoms with Gasteiger partial charge in [0.1, 0.15) is 11.4 Å². The number of pyridine rings is 1. The van der Waals surface area contributed by atoms with E-state index in [1.807, 2.05) is 0 Å². The SMILES string of the molecule is COc1ccc(Cl)cc1NC(=O)c1cc(C(=O)NCCC(C)C)ccn1. The van der Waals surface area contributed by atoms with E-state index >= 15 is 0 Å². The lowest BCUT2D eigenvalue weighted by atomic mass is 10.1. The smallest absolute Gasteiger partial charge is 0.274 e. The van der Waals surface area contributed by atoms with Gasteiger partial charge in [0.15, 0.2) is 0 Å². The van der Waals surface area contributed by atoms with Gasteiger partial charge in [-0.1, -0.05) is 25.4 Å². The minimum atomic E-state index is -0.456. The molecule has 0 saturated heterocycles.